The Kier molecular flexibility index (Phi) is 4.31. The van der Waals surface area contributed by atoms with Crippen LogP contribution in [0.25, 0.3) is 0 Å². The van der Waals surface area contributed by atoms with Crippen molar-refractivity contribution in [1.82, 2.24) is 0 Å². The Morgan fingerprint density at radius 1 is 1.11 bits per heavy atom. The van der Waals surface area contributed by atoms with Crippen molar-refractivity contribution in [2.24, 2.45) is 0 Å². The molecule has 0 saturated carbocycles. The summed E-state index contributed by atoms with van der Waals surface area (Å²) in [5.41, 5.74) is 2.01. The van der Waals surface area contributed by atoms with E-state index in [2.05, 4.69) is 5.32 Å². The first-order valence-electron chi connectivity index (χ1n) is 5.77. The summed E-state index contributed by atoms with van der Waals surface area (Å²) < 4.78 is 0. The Bertz CT molecular complexity index is 593. The van der Waals surface area contributed by atoms with Crippen LogP contribution in [0.1, 0.15) is 15.9 Å². The molecule has 4 heteroatoms. The zero-order valence-electron chi connectivity index (χ0n) is 10.1. The van der Waals surface area contributed by atoms with E-state index in [1.165, 1.54) is 0 Å². The molecule has 0 spiro atoms. The summed E-state index contributed by atoms with van der Waals surface area (Å²) in [7, 11) is 0. The molecule has 2 aromatic rings. The van der Waals surface area contributed by atoms with E-state index < -0.39 is 0 Å². The van der Waals surface area contributed by atoms with Crippen molar-refractivity contribution in [2.45, 2.75) is 6.42 Å². The minimum Gasteiger partial charge on any atom is -0.326 e. The quantitative estimate of drug-likeness (QED) is 0.869. The normalized spacial score (nSPS) is 9.95. The largest absolute Gasteiger partial charge is 0.326 e. The zero-order valence-corrected chi connectivity index (χ0v) is 10.9. The lowest BCUT2D eigenvalue weighted by atomic mass is 10.1. The van der Waals surface area contributed by atoms with Crippen LogP contribution in [0.15, 0.2) is 48.5 Å². The molecule has 0 heterocycles. The van der Waals surface area contributed by atoms with Gasteiger partial charge in [0.2, 0.25) is 5.91 Å². The van der Waals surface area contributed by atoms with E-state index in [1.54, 1.807) is 30.3 Å². The van der Waals surface area contributed by atoms with Gasteiger partial charge in [-0.05, 0) is 35.9 Å². The number of benzene rings is 2. The first-order chi connectivity index (χ1) is 9.19. The van der Waals surface area contributed by atoms with E-state index in [1.807, 2.05) is 18.2 Å². The molecule has 0 atom stereocenters. The second-order valence-electron chi connectivity index (χ2n) is 4.06. The maximum absolute atomic E-state index is 11.8. The molecule has 0 bridgehead atoms. The van der Waals surface area contributed by atoms with Gasteiger partial charge in [0.15, 0.2) is 0 Å². The molecule has 0 saturated heterocycles. The van der Waals surface area contributed by atoms with Gasteiger partial charge in [-0.3, -0.25) is 9.59 Å². The molecule has 0 fully saturated rings. The highest BCUT2D eigenvalue weighted by atomic mass is 35.5. The first-order valence-corrected chi connectivity index (χ1v) is 6.15. The summed E-state index contributed by atoms with van der Waals surface area (Å²) in [5.74, 6) is -0.146. The summed E-state index contributed by atoms with van der Waals surface area (Å²) >= 11 is 5.99. The first kappa shape index (κ1) is 13.3. The minimum absolute atomic E-state index is 0.146. The van der Waals surface area contributed by atoms with E-state index in [0.29, 0.717) is 16.3 Å². The smallest absolute Gasteiger partial charge is 0.228 e. The lowest BCUT2D eigenvalue weighted by Crippen LogP contribution is -2.14. The maximum Gasteiger partial charge on any atom is 0.228 e. The maximum atomic E-state index is 11.8. The van der Waals surface area contributed by atoms with Gasteiger partial charge in [0.05, 0.1) is 6.42 Å². The number of amides is 1. The zero-order chi connectivity index (χ0) is 13.7. The summed E-state index contributed by atoms with van der Waals surface area (Å²) in [6.07, 6.45) is 0.977. The topological polar surface area (TPSA) is 46.2 Å². The van der Waals surface area contributed by atoms with E-state index in [-0.39, 0.29) is 12.3 Å². The summed E-state index contributed by atoms with van der Waals surface area (Å²) in [4.78, 5) is 22.4. The van der Waals surface area contributed by atoms with E-state index in [9.17, 15) is 9.59 Å². The van der Waals surface area contributed by atoms with Gasteiger partial charge in [-0.15, -0.1) is 0 Å². The second-order valence-corrected chi connectivity index (χ2v) is 4.46. The van der Waals surface area contributed by atoms with Crippen LogP contribution in [0.3, 0.4) is 0 Å². The number of anilines is 1. The number of nitrogens with one attached hydrogen (secondary N) is 1. The molecule has 0 radical (unpaired) electrons. The second kappa shape index (κ2) is 6.16. The number of rotatable bonds is 4. The molecule has 2 rings (SSSR count). The van der Waals surface area contributed by atoms with Gasteiger partial charge < -0.3 is 5.32 Å². The fraction of sp³-hybridized carbons (Fsp3) is 0.0667. The van der Waals surface area contributed by atoms with Gasteiger partial charge in [0, 0.05) is 16.3 Å². The minimum atomic E-state index is -0.146. The molecular formula is C15H12ClNO2. The predicted octanol–water partition coefficient (Wildman–Crippen LogP) is 3.33. The fourth-order valence-corrected chi connectivity index (χ4v) is 1.87. The van der Waals surface area contributed by atoms with Crippen molar-refractivity contribution < 1.29 is 9.59 Å². The van der Waals surface area contributed by atoms with Crippen LogP contribution < -0.4 is 5.32 Å². The number of aldehydes is 1. The number of hydrogen-bond donors (Lipinski definition) is 1. The van der Waals surface area contributed by atoms with Crippen LogP contribution in [0.2, 0.25) is 5.02 Å². The lowest BCUT2D eigenvalue weighted by Gasteiger charge is -2.06. The molecule has 19 heavy (non-hydrogen) atoms. The highest BCUT2D eigenvalue weighted by molar-refractivity contribution is 6.31. The van der Waals surface area contributed by atoms with Crippen molar-refractivity contribution in [1.29, 1.82) is 0 Å². The van der Waals surface area contributed by atoms with Crippen LogP contribution in [0.4, 0.5) is 5.69 Å². The van der Waals surface area contributed by atoms with Crippen LogP contribution >= 0.6 is 11.6 Å². The Labute approximate surface area is 116 Å². The molecular weight excluding hydrogens is 262 g/mol. The molecule has 0 aliphatic rings. The molecule has 0 aliphatic heterocycles. The SMILES string of the molecule is O=Cc1ccc(NC(=O)Cc2ccccc2Cl)cc1. The molecule has 0 aliphatic carbocycles. The summed E-state index contributed by atoms with van der Waals surface area (Å²) in [6, 6.07) is 13.9. The standard InChI is InChI=1S/C15H12ClNO2/c16-14-4-2-1-3-12(14)9-15(19)17-13-7-5-11(10-18)6-8-13/h1-8,10H,9H2,(H,17,19). The van der Waals surface area contributed by atoms with Gasteiger partial charge in [0.1, 0.15) is 6.29 Å². The van der Waals surface area contributed by atoms with Crippen LogP contribution in [-0.4, -0.2) is 12.2 Å². The van der Waals surface area contributed by atoms with Crippen molar-refractivity contribution >= 4 is 29.5 Å². The third kappa shape index (κ3) is 3.66. The Balaban J connectivity index is 2.01. The summed E-state index contributed by atoms with van der Waals surface area (Å²) in [6.45, 7) is 0. The van der Waals surface area contributed by atoms with Gasteiger partial charge in [0.25, 0.3) is 0 Å². The van der Waals surface area contributed by atoms with Crippen molar-refractivity contribution in [2.75, 3.05) is 5.32 Å². The number of halogens is 1. The summed E-state index contributed by atoms with van der Waals surface area (Å²) in [5, 5.41) is 3.33. The molecule has 3 nitrogen and oxygen atoms in total. The van der Waals surface area contributed by atoms with Crippen LogP contribution in [-0.2, 0) is 11.2 Å². The highest BCUT2D eigenvalue weighted by Crippen LogP contribution is 2.16. The number of hydrogen-bond acceptors (Lipinski definition) is 2. The van der Waals surface area contributed by atoms with Crippen LogP contribution in [0, 0.1) is 0 Å². The number of carbonyl (C=O) groups is 2. The Hall–Kier alpha value is -2.13. The third-order valence-corrected chi connectivity index (χ3v) is 3.01. The molecule has 1 N–H and O–H groups in total. The molecule has 96 valence electrons. The Morgan fingerprint density at radius 3 is 2.42 bits per heavy atom. The van der Waals surface area contributed by atoms with Crippen LogP contribution in [0.5, 0.6) is 0 Å². The highest BCUT2D eigenvalue weighted by Gasteiger charge is 2.06. The van der Waals surface area contributed by atoms with Gasteiger partial charge >= 0.3 is 0 Å². The van der Waals surface area contributed by atoms with Crippen molar-refractivity contribution in [3.8, 4) is 0 Å². The van der Waals surface area contributed by atoms with Gasteiger partial charge in [-0.25, -0.2) is 0 Å². The third-order valence-electron chi connectivity index (χ3n) is 2.64. The number of carbonyl (C=O) groups excluding carboxylic acids is 2. The molecule has 1 amide bonds. The molecule has 2 aromatic carbocycles. The Morgan fingerprint density at radius 2 is 1.79 bits per heavy atom. The average Bonchev–Trinajstić information content (AvgIpc) is 2.42. The monoisotopic (exact) mass is 273 g/mol. The van der Waals surface area contributed by atoms with E-state index in [4.69, 9.17) is 11.6 Å². The predicted molar refractivity (Wildman–Crippen MR) is 75.6 cm³/mol. The van der Waals surface area contributed by atoms with Gasteiger partial charge in [-0.2, -0.15) is 0 Å². The fourth-order valence-electron chi connectivity index (χ4n) is 1.66. The van der Waals surface area contributed by atoms with E-state index in [0.717, 1.165) is 11.8 Å². The lowest BCUT2D eigenvalue weighted by molar-refractivity contribution is -0.115. The molecule has 0 unspecified atom stereocenters. The van der Waals surface area contributed by atoms with Gasteiger partial charge in [-0.1, -0.05) is 29.8 Å². The van der Waals surface area contributed by atoms with Crippen molar-refractivity contribution in [3.63, 3.8) is 0 Å². The van der Waals surface area contributed by atoms with E-state index >= 15 is 0 Å². The van der Waals surface area contributed by atoms with Crippen molar-refractivity contribution in [3.05, 3.63) is 64.7 Å². The molecule has 0 aromatic heterocycles. The average molecular weight is 274 g/mol.